The minimum Gasteiger partial charge on any atom is -0.429 e. The topological polar surface area (TPSA) is 35.5 Å². The van der Waals surface area contributed by atoms with Crippen molar-refractivity contribution in [2.45, 2.75) is 46.3 Å². The Hall–Kier alpha value is -1.35. The Labute approximate surface area is 121 Å². The van der Waals surface area contributed by atoms with Gasteiger partial charge in [0, 0.05) is 18.6 Å². The molecule has 2 atom stereocenters. The molecule has 0 aromatic rings. The number of carbonyl (C=O) groups excluding carboxylic acids is 1. The summed E-state index contributed by atoms with van der Waals surface area (Å²) in [6, 6.07) is 0. The summed E-state index contributed by atoms with van der Waals surface area (Å²) in [6.45, 7) is 11.0. The lowest BCUT2D eigenvalue weighted by atomic mass is 9.77. The van der Waals surface area contributed by atoms with Gasteiger partial charge in [0.05, 0.1) is 0 Å². The standard InChI is InChI=1S/C17H24O3/c1-5-19-16-10-14(17(18)20-16)9-13-8-12(4)6-7-15(13)11(2)3/h8,10-11,15-16H,4-7,9H2,1-3H3/t15-,16?/m1/s1. The van der Waals surface area contributed by atoms with Crippen LogP contribution in [-0.4, -0.2) is 18.9 Å². The first-order chi connectivity index (χ1) is 9.51. The van der Waals surface area contributed by atoms with Gasteiger partial charge in [0.15, 0.2) is 0 Å². The Bertz CT molecular complexity index is 457. The van der Waals surface area contributed by atoms with Crippen molar-refractivity contribution >= 4 is 5.97 Å². The first kappa shape index (κ1) is 15.0. The zero-order valence-electron chi connectivity index (χ0n) is 12.6. The third kappa shape index (κ3) is 3.40. The normalized spacial score (nSPS) is 26.6. The highest BCUT2D eigenvalue weighted by atomic mass is 16.7. The molecular formula is C17H24O3. The van der Waals surface area contributed by atoms with Gasteiger partial charge in [-0.25, -0.2) is 4.79 Å². The lowest BCUT2D eigenvalue weighted by Crippen LogP contribution is -2.17. The molecular weight excluding hydrogens is 252 g/mol. The summed E-state index contributed by atoms with van der Waals surface area (Å²) in [6.07, 6.45) is 6.30. The highest BCUT2D eigenvalue weighted by Crippen LogP contribution is 2.37. The van der Waals surface area contributed by atoms with E-state index in [0.29, 0.717) is 24.9 Å². The van der Waals surface area contributed by atoms with Crippen molar-refractivity contribution in [2.24, 2.45) is 11.8 Å². The van der Waals surface area contributed by atoms with E-state index < -0.39 is 6.29 Å². The molecule has 0 amide bonds. The largest absolute Gasteiger partial charge is 0.429 e. The van der Waals surface area contributed by atoms with Crippen LogP contribution in [0.25, 0.3) is 0 Å². The SMILES string of the molecule is C=C1C=C(CC2=CC(OCC)OC2=O)[C@@H](C(C)C)CC1. The summed E-state index contributed by atoms with van der Waals surface area (Å²) in [5.74, 6) is 0.860. The zero-order valence-corrected chi connectivity index (χ0v) is 12.6. The first-order valence-electron chi connectivity index (χ1n) is 7.42. The molecule has 2 rings (SSSR count). The van der Waals surface area contributed by atoms with Crippen molar-refractivity contribution in [3.63, 3.8) is 0 Å². The van der Waals surface area contributed by atoms with Gasteiger partial charge >= 0.3 is 5.97 Å². The maximum Gasteiger partial charge on any atom is 0.336 e. The van der Waals surface area contributed by atoms with Gasteiger partial charge in [0.2, 0.25) is 6.29 Å². The molecule has 1 aliphatic carbocycles. The van der Waals surface area contributed by atoms with Gasteiger partial charge in [0.25, 0.3) is 0 Å². The molecule has 0 bridgehead atoms. The Morgan fingerprint density at radius 1 is 1.50 bits per heavy atom. The number of hydrogen-bond donors (Lipinski definition) is 0. The van der Waals surface area contributed by atoms with E-state index in [9.17, 15) is 4.79 Å². The molecule has 2 aliphatic rings. The van der Waals surface area contributed by atoms with Crippen LogP contribution in [0.5, 0.6) is 0 Å². The van der Waals surface area contributed by atoms with Gasteiger partial charge < -0.3 is 9.47 Å². The van der Waals surface area contributed by atoms with Gasteiger partial charge in [-0.3, -0.25) is 0 Å². The summed E-state index contributed by atoms with van der Waals surface area (Å²) in [4.78, 5) is 11.9. The molecule has 3 heteroatoms. The molecule has 20 heavy (non-hydrogen) atoms. The van der Waals surface area contributed by atoms with Gasteiger partial charge in [-0.1, -0.05) is 37.6 Å². The number of hydrogen-bond acceptors (Lipinski definition) is 3. The number of esters is 1. The van der Waals surface area contributed by atoms with Crippen molar-refractivity contribution < 1.29 is 14.3 Å². The van der Waals surface area contributed by atoms with Gasteiger partial charge in [0.1, 0.15) is 0 Å². The molecule has 3 nitrogen and oxygen atoms in total. The smallest absolute Gasteiger partial charge is 0.336 e. The Balaban J connectivity index is 2.12. The van der Waals surface area contributed by atoms with Gasteiger partial charge in [-0.05, 0) is 37.7 Å². The summed E-state index contributed by atoms with van der Waals surface area (Å²) >= 11 is 0. The quantitative estimate of drug-likeness (QED) is 0.717. The summed E-state index contributed by atoms with van der Waals surface area (Å²) < 4.78 is 10.5. The fourth-order valence-electron chi connectivity index (χ4n) is 2.96. The second-order valence-corrected chi connectivity index (χ2v) is 5.86. The van der Waals surface area contributed by atoms with E-state index in [0.717, 1.165) is 24.0 Å². The van der Waals surface area contributed by atoms with Crippen LogP contribution in [-0.2, 0) is 14.3 Å². The number of cyclic esters (lactones) is 1. The fourth-order valence-corrected chi connectivity index (χ4v) is 2.96. The van der Waals surface area contributed by atoms with E-state index in [1.807, 2.05) is 6.92 Å². The van der Waals surface area contributed by atoms with E-state index in [2.05, 4.69) is 26.5 Å². The number of carbonyl (C=O) groups is 1. The maximum absolute atomic E-state index is 11.9. The molecule has 0 fully saturated rings. The van der Waals surface area contributed by atoms with Crippen molar-refractivity contribution in [1.29, 1.82) is 0 Å². The monoisotopic (exact) mass is 276 g/mol. The number of allylic oxidation sites excluding steroid dienone is 3. The molecule has 0 saturated heterocycles. The predicted octanol–water partition coefficient (Wildman–Crippen LogP) is 3.77. The van der Waals surface area contributed by atoms with E-state index in [1.165, 1.54) is 5.57 Å². The number of rotatable bonds is 5. The maximum atomic E-state index is 11.9. The van der Waals surface area contributed by atoms with E-state index >= 15 is 0 Å². The highest BCUT2D eigenvalue weighted by molar-refractivity contribution is 5.91. The average Bonchev–Trinajstić information content (AvgIpc) is 2.70. The van der Waals surface area contributed by atoms with Gasteiger partial charge in [-0.15, -0.1) is 0 Å². The van der Waals surface area contributed by atoms with Crippen LogP contribution >= 0.6 is 0 Å². The zero-order chi connectivity index (χ0) is 14.7. The molecule has 1 unspecified atom stereocenters. The average molecular weight is 276 g/mol. The van der Waals surface area contributed by atoms with E-state index in [1.54, 1.807) is 6.08 Å². The minimum atomic E-state index is -0.507. The van der Waals surface area contributed by atoms with Crippen molar-refractivity contribution in [2.75, 3.05) is 6.61 Å². The molecule has 110 valence electrons. The molecule has 0 N–H and O–H groups in total. The second-order valence-electron chi connectivity index (χ2n) is 5.86. The van der Waals surface area contributed by atoms with Crippen molar-refractivity contribution in [1.82, 2.24) is 0 Å². The Morgan fingerprint density at radius 3 is 2.90 bits per heavy atom. The third-order valence-electron chi connectivity index (χ3n) is 4.00. The lowest BCUT2D eigenvalue weighted by molar-refractivity contribution is -0.158. The number of ether oxygens (including phenoxy) is 2. The minimum absolute atomic E-state index is 0.247. The van der Waals surface area contributed by atoms with Crippen LogP contribution in [0.2, 0.25) is 0 Å². The lowest BCUT2D eigenvalue weighted by Gasteiger charge is -2.28. The van der Waals surface area contributed by atoms with Crippen LogP contribution < -0.4 is 0 Å². The van der Waals surface area contributed by atoms with Crippen LogP contribution in [0, 0.1) is 11.8 Å². The Kier molecular flexibility index (Phi) is 4.81. The molecule has 0 radical (unpaired) electrons. The third-order valence-corrected chi connectivity index (χ3v) is 4.00. The van der Waals surface area contributed by atoms with Gasteiger partial charge in [-0.2, -0.15) is 0 Å². The molecule has 1 heterocycles. The molecule has 0 saturated carbocycles. The second kappa shape index (κ2) is 6.40. The highest BCUT2D eigenvalue weighted by Gasteiger charge is 2.29. The van der Waals surface area contributed by atoms with E-state index in [-0.39, 0.29) is 5.97 Å². The van der Waals surface area contributed by atoms with Crippen LogP contribution in [0.4, 0.5) is 0 Å². The van der Waals surface area contributed by atoms with Crippen molar-refractivity contribution in [3.8, 4) is 0 Å². The first-order valence-corrected chi connectivity index (χ1v) is 7.42. The van der Waals surface area contributed by atoms with Crippen LogP contribution in [0.3, 0.4) is 0 Å². The Morgan fingerprint density at radius 2 is 2.25 bits per heavy atom. The predicted molar refractivity (Wildman–Crippen MR) is 79.0 cm³/mol. The molecule has 0 aromatic carbocycles. The van der Waals surface area contributed by atoms with Crippen LogP contribution in [0.1, 0.15) is 40.0 Å². The summed E-state index contributed by atoms with van der Waals surface area (Å²) in [5, 5.41) is 0. The van der Waals surface area contributed by atoms with E-state index in [4.69, 9.17) is 9.47 Å². The summed E-state index contributed by atoms with van der Waals surface area (Å²) in [7, 11) is 0. The summed E-state index contributed by atoms with van der Waals surface area (Å²) in [5.41, 5.74) is 3.18. The molecule has 0 spiro atoms. The molecule has 0 aromatic heterocycles. The fraction of sp³-hybridized carbons (Fsp3) is 0.588. The molecule has 1 aliphatic heterocycles. The van der Waals surface area contributed by atoms with Crippen molar-refractivity contribution in [3.05, 3.63) is 35.5 Å². The van der Waals surface area contributed by atoms with Crippen LogP contribution in [0.15, 0.2) is 35.5 Å².